The van der Waals surface area contributed by atoms with E-state index in [9.17, 15) is 5.11 Å². The summed E-state index contributed by atoms with van der Waals surface area (Å²) in [5.41, 5.74) is 7.08. The van der Waals surface area contributed by atoms with Crippen LogP contribution in [0.3, 0.4) is 0 Å². The van der Waals surface area contributed by atoms with E-state index in [0.717, 1.165) is 15.9 Å². The zero-order chi connectivity index (χ0) is 10.9. The highest BCUT2D eigenvalue weighted by atomic mass is 79.9. The predicted molar refractivity (Wildman–Crippen MR) is 59.1 cm³/mol. The van der Waals surface area contributed by atoms with Crippen molar-refractivity contribution in [2.75, 3.05) is 6.54 Å². The number of nitrogens with zero attached hydrogens (tertiary/aromatic N) is 2. The topological polar surface area (TPSA) is 64.1 Å². The first kappa shape index (κ1) is 11.7. The van der Waals surface area contributed by atoms with Gasteiger partial charge in [-0.25, -0.2) is 0 Å². The summed E-state index contributed by atoms with van der Waals surface area (Å²) in [6.45, 7) is 6.14. The van der Waals surface area contributed by atoms with Crippen LogP contribution in [-0.4, -0.2) is 21.4 Å². The summed E-state index contributed by atoms with van der Waals surface area (Å²) < 4.78 is 2.65. The Morgan fingerprint density at radius 1 is 1.57 bits per heavy atom. The predicted octanol–water partition coefficient (Wildman–Crippen LogP) is 1.53. The van der Waals surface area contributed by atoms with Gasteiger partial charge in [-0.3, -0.25) is 4.68 Å². The van der Waals surface area contributed by atoms with Crippen molar-refractivity contribution in [1.29, 1.82) is 0 Å². The van der Waals surface area contributed by atoms with E-state index in [0.29, 0.717) is 0 Å². The maximum absolute atomic E-state index is 9.74. The molecule has 0 saturated carbocycles. The van der Waals surface area contributed by atoms with Crippen molar-refractivity contribution in [3.05, 3.63) is 15.9 Å². The van der Waals surface area contributed by atoms with Gasteiger partial charge in [0.15, 0.2) is 0 Å². The maximum Gasteiger partial charge on any atom is 0.109 e. The summed E-state index contributed by atoms with van der Waals surface area (Å²) in [6.07, 6.45) is -0.659. The number of aliphatic hydroxyl groups is 1. The van der Waals surface area contributed by atoms with Gasteiger partial charge in [-0.1, -0.05) is 0 Å². The molecule has 1 atom stereocenters. The van der Waals surface area contributed by atoms with Crippen LogP contribution in [0.25, 0.3) is 0 Å². The van der Waals surface area contributed by atoms with Crippen LogP contribution >= 0.6 is 15.9 Å². The number of nitrogens with two attached hydrogens (primary N) is 1. The molecule has 80 valence electrons. The van der Waals surface area contributed by atoms with E-state index in [1.54, 1.807) is 4.68 Å². The van der Waals surface area contributed by atoms with E-state index >= 15 is 0 Å². The second-order valence-corrected chi connectivity index (χ2v) is 4.37. The Balaban J connectivity index is 3.23. The second-order valence-electron chi connectivity index (χ2n) is 3.57. The van der Waals surface area contributed by atoms with Gasteiger partial charge in [0.1, 0.15) is 6.10 Å². The molecule has 0 amide bonds. The van der Waals surface area contributed by atoms with Gasteiger partial charge in [0, 0.05) is 12.6 Å². The Morgan fingerprint density at radius 3 is 2.57 bits per heavy atom. The van der Waals surface area contributed by atoms with Crippen molar-refractivity contribution in [3.8, 4) is 0 Å². The third-order valence-electron chi connectivity index (χ3n) is 2.08. The minimum absolute atomic E-state index is 0.205. The van der Waals surface area contributed by atoms with E-state index in [1.165, 1.54) is 0 Å². The maximum atomic E-state index is 9.74. The fourth-order valence-corrected chi connectivity index (χ4v) is 1.87. The molecule has 0 fully saturated rings. The van der Waals surface area contributed by atoms with E-state index in [4.69, 9.17) is 5.73 Å². The van der Waals surface area contributed by atoms with Crippen molar-refractivity contribution in [1.82, 2.24) is 9.78 Å². The molecule has 14 heavy (non-hydrogen) atoms. The van der Waals surface area contributed by atoms with Crippen molar-refractivity contribution >= 4 is 15.9 Å². The summed E-state index contributed by atoms with van der Waals surface area (Å²) in [4.78, 5) is 0. The van der Waals surface area contributed by atoms with Gasteiger partial charge >= 0.3 is 0 Å². The van der Waals surface area contributed by atoms with Gasteiger partial charge in [-0.2, -0.15) is 5.10 Å². The van der Waals surface area contributed by atoms with Crippen molar-refractivity contribution < 1.29 is 5.11 Å². The first-order chi connectivity index (χ1) is 6.49. The van der Waals surface area contributed by atoms with E-state index in [2.05, 4.69) is 21.0 Å². The van der Waals surface area contributed by atoms with Gasteiger partial charge in [-0.05, 0) is 36.7 Å². The summed E-state index contributed by atoms with van der Waals surface area (Å²) >= 11 is 3.41. The molecule has 4 nitrogen and oxygen atoms in total. The smallest absolute Gasteiger partial charge is 0.109 e. The molecule has 0 bridgehead atoms. The number of halogens is 1. The number of aryl methyl sites for hydroxylation is 1. The SMILES string of the molecule is Cc1nn(C(C)C)c(C(O)CN)c1Br. The number of hydrogen-bond acceptors (Lipinski definition) is 3. The van der Waals surface area contributed by atoms with Gasteiger partial charge in [-0.15, -0.1) is 0 Å². The molecule has 1 aromatic rings. The Bertz CT molecular complexity index is 322. The fourth-order valence-electron chi connectivity index (χ4n) is 1.35. The Morgan fingerprint density at radius 2 is 2.14 bits per heavy atom. The number of hydrogen-bond donors (Lipinski definition) is 2. The molecule has 0 aromatic carbocycles. The Kier molecular flexibility index (Phi) is 3.69. The molecule has 5 heteroatoms. The first-order valence-electron chi connectivity index (χ1n) is 4.61. The highest BCUT2D eigenvalue weighted by Gasteiger charge is 2.20. The molecule has 0 aliphatic rings. The lowest BCUT2D eigenvalue weighted by atomic mass is 10.2. The summed E-state index contributed by atoms with van der Waals surface area (Å²) in [5.74, 6) is 0. The van der Waals surface area contributed by atoms with Gasteiger partial charge < -0.3 is 10.8 Å². The molecule has 1 aromatic heterocycles. The molecular weight excluding hydrogens is 246 g/mol. The lowest BCUT2D eigenvalue weighted by molar-refractivity contribution is 0.172. The van der Waals surface area contributed by atoms with Crippen LogP contribution < -0.4 is 5.73 Å². The lowest BCUT2D eigenvalue weighted by Gasteiger charge is -2.14. The van der Waals surface area contributed by atoms with Gasteiger partial charge in [0.25, 0.3) is 0 Å². The molecule has 0 aliphatic heterocycles. The van der Waals surface area contributed by atoms with Crippen LogP contribution in [0.15, 0.2) is 4.47 Å². The Hall–Kier alpha value is -0.390. The Labute approximate surface area is 92.2 Å². The third kappa shape index (κ3) is 1.99. The minimum atomic E-state index is -0.659. The quantitative estimate of drug-likeness (QED) is 0.868. The van der Waals surface area contributed by atoms with E-state index in [1.807, 2.05) is 20.8 Å². The number of aliphatic hydroxyl groups excluding tert-OH is 1. The van der Waals surface area contributed by atoms with Crippen molar-refractivity contribution in [3.63, 3.8) is 0 Å². The summed E-state index contributed by atoms with van der Waals surface area (Å²) in [7, 11) is 0. The fraction of sp³-hybridized carbons (Fsp3) is 0.667. The molecule has 1 heterocycles. The minimum Gasteiger partial charge on any atom is -0.385 e. The molecule has 0 radical (unpaired) electrons. The largest absolute Gasteiger partial charge is 0.385 e. The van der Waals surface area contributed by atoms with Crippen LogP contribution in [0, 0.1) is 6.92 Å². The molecular formula is C9H16BrN3O. The standard InChI is InChI=1S/C9H16BrN3O/c1-5(2)13-9(7(14)4-11)8(10)6(3)12-13/h5,7,14H,4,11H2,1-3H3. The summed E-state index contributed by atoms with van der Waals surface area (Å²) in [6, 6.07) is 0.219. The normalized spacial score (nSPS) is 13.6. The van der Waals surface area contributed by atoms with Crippen LogP contribution in [0.1, 0.15) is 37.4 Å². The summed E-state index contributed by atoms with van der Waals surface area (Å²) in [5, 5.41) is 14.1. The molecule has 0 spiro atoms. The highest BCUT2D eigenvalue weighted by Crippen LogP contribution is 2.28. The van der Waals surface area contributed by atoms with Gasteiger partial charge in [0.2, 0.25) is 0 Å². The molecule has 0 aliphatic carbocycles. The number of rotatable bonds is 3. The number of aromatic nitrogens is 2. The van der Waals surface area contributed by atoms with E-state index < -0.39 is 6.10 Å². The van der Waals surface area contributed by atoms with Gasteiger partial charge in [0.05, 0.1) is 15.9 Å². The second kappa shape index (κ2) is 4.42. The highest BCUT2D eigenvalue weighted by molar-refractivity contribution is 9.10. The van der Waals surface area contributed by atoms with Crippen molar-refractivity contribution in [2.24, 2.45) is 5.73 Å². The van der Waals surface area contributed by atoms with Crippen molar-refractivity contribution in [2.45, 2.75) is 32.9 Å². The van der Waals surface area contributed by atoms with Crippen LogP contribution in [-0.2, 0) is 0 Å². The lowest BCUT2D eigenvalue weighted by Crippen LogP contribution is -2.18. The van der Waals surface area contributed by atoms with Crippen LogP contribution in [0.5, 0.6) is 0 Å². The zero-order valence-corrected chi connectivity index (χ0v) is 10.2. The molecule has 0 saturated heterocycles. The van der Waals surface area contributed by atoms with E-state index in [-0.39, 0.29) is 12.6 Å². The molecule has 3 N–H and O–H groups in total. The third-order valence-corrected chi connectivity index (χ3v) is 3.06. The molecule has 1 unspecified atom stereocenters. The zero-order valence-electron chi connectivity index (χ0n) is 8.66. The monoisotopic (exact) mass is 261 g/mol. The molecule has 1 rings (SSSR count). The first-order valence-corrected chi connectivity index (χ1v) is 5.41. The van der Waals surface area contributed by atoms with Crippen LogP contribution in [0.2, 0.25) is 0 Å². The average molecular weight is 262 g/mol. The van der Waals surface area contributed by atoms with Crippen LogP contribution in [0.4, 0.5) is 0 Å². The average Bonchev–Trinajstić information content (AvgIpc) is 2.43.